The second-order valence-corrected chi connectivity index (χ2v) is 18.8. The maximum Gasteiger partial charge on any atom is 0.387 e. The van der Waals surface area contributed by atoms with E-state index >= 15 is 0 Å². The molecule has 30 heteroatoms. The number of ether oxygens (including phenoxy) is 4. The average molecular weight is 1150 g/mol. The number of nitrogens with one attached hydrogen (secondary N) is 2. The van der Waals surface area contributed by atoms with E-state index < -0.39 is 43.0 Å². The number of likely N-dealkylation sites (N-methyl/N-ethyl adjacent to an activating group) is 3. The normalized spacial score (nSPS) is 12.9. The van der Waals surface area contributed by atoms with Crippen molar-refractivity contribution in [2.24, 2.45) is 0 Å². The van der Waals surface area contributed by atoms with Gasteiger partial charge in [-0.1, -0.05) is 12.1 Å². The summed E-state index contributed by atoms with van der Waals surface area (Å²) in [5.41, 5.74) is 0.325. The number of aromatic nitrogens is 10. The average Bonchev–Trinajstić information content (AvgIpc) is 4.46. The Morgan fingerprint density at radius 3 is 1.54 bits per heavy atom. The monoisotopic (exact) mass is 1150 g/mol. The van der Waals surface area contributed by atoms with E-state index in [9.17, 15) is 50.6 Å². The van der Waals surface area contributed by atoms with Crippen LogP contribution in [-0.2, 0) is 28.3 Å². The molecular weight excluding hydrogens is 1100 g/mol. The van der Waals surface area contributed by atoms with E-state index in [4.69, 9.17) is 9.47 Å². The van der Waals surface area contributed by atoms with Gasteiger partial charge in [-0.05, 0) is 73.3 Å². The van der Waals surface area contributed by atoms with Crippen LogP contribution in [0, 0.1) is 0 Å². The Morgan fingerprint density at radius 2 is 1.08 bits per heavy atom. The van der Waals surface area contributed by atoms with Crippen molar-refractivity contribution in [1.82, 2.24) is 63.5 Å². The molecule has 1 aliphatic heterocycles. The van der Waals surface area contributed by atoms with Gasteiger partial charge in [0.1, 0.15) is 70.0 Å². The van der Waals surface area contributed by atoms with Crippen LogP contribution >= 0.6 is 0 Å². The van der Waals surface area contributed by atoms with Crippen LogP contribution in [0.3, 0.4) is 0 Å². The van der Waals surface area contributed by atoms with E-state index in [2.05, 4.69) is 50.5 Å². The predicted molar refractivity (Wildman–Crippen MR) is 282 cm³/mol. The first-order valence-corrected chi connectivity index (χ1v) is 24.7. The summed E-state index contributed by atoms with van der Waals surface area (Å²) in [5.74, 6) is -2.29. The topological polar surface area (TPSA) is 255 Å². The zero-order valence-electron chi connectivity index (χ0n) is 44.4. The largest absolute Gasteiger partial charge is 0.457 e. The highest BCUT2D eigenvalue weighted by Gasteiger charge is 2.41. The molecule has 0 atom stereocenters. The molecule has 9 aromatic rings. The first-order valence-electron chi connectivity index (χ1n) is 24.7. The lowest BCUT2D eigenvalue weighted by Gasteiger charge is -2.44. The Labute approximate surface area is 466 Å². The lowest BCUT2D eigenvalue weighted by atomic mass is 9.86. The number of fused-ring (bicyclic) bond motifs is 2. The van der Waals surface area contributed by atoms with Gasteiger partial charge in [-0.2, -0.15) is 46.7 Å². The number of hydrogen-bond acceptors (Lipinski definition) is 16. The van der Waals surface area contributed by atoms with E-state index in [1.807, 2.05) is 11.9 Å². The van der Waals surface area contributed by atoms with Gasteiger partial charge in [0.25, 0.3) is 11.8 Å². The summed E-state index contributed by atoms with van der Waals surface area (Å²) in [4.78, 5) is 64.3. The van der Waals surface area contributed by atoms with Crippen molar-refractivity contribution in [3.05, 3.63) is 139 Å². The van der Waals surface area contributed by atoms with Crippen molar-refractivity contribution in [2.75, 3.05) is 59.0 Å². The second-order valence-electron chi connectivity index (χ2n) is 18.8. The third kappa shape index (κ3) is 13.4. The number of β-amino-alcohol motifs (C(OH)–C–C–N with tert-alkyl or cyclic N) is 1. The van der Waals surface area contributed by atoms with Crippen LogP contribution in [-0.4, -0.2) is 160 Å². The fraction of sp³-hybridized carbons (Fsp3) is 0.245. The maximum atomic E-state index is 13.6. The number of hydrogen-bond donors (Lipinski definition) is 3. The molecule has 0 spiro atoms. The summed E-state index contributed by atoms with van der Waals surface area (Å²) in [5, 5.41) is 33.2. The highest BCUT2D eigenvalue weighted by molar-refractivity contribution is 6.10. The Hall–Kier alpha value is -10.1. The van der Waals surface area contributed by atoms with Crippen molar-refractivity contribution in [2.45, 2.75) is 38.5 Å². The van der Waals surface area contributed by atoms with Gasteiger partial charge >= 0.3 is 19.8 Å². The predicted octanol–water partition coefficient (Wildman–Crippen LogP) is 6.60. The Kier molecular flexibility index (Phi) is 16.9. The Balaban J connectivity index is 0.000000205. The van der Waals surface area contributed by atoms with Gasteiger partial charge in [-0.15, -0.1) is 0 Å². The lowest BCUT2D eigenvalue weighted by Crippen LogP contribution is -2.57. The highest BCUT2D eigenvalue weighted by Crippen LogP contribution is 2.41. The van der Waals surface area contributed by atoms with E-state index in [0.717, 1.165) is 22.9 Å². The molecule has 432 valence electrons. The zero-order valence-corrected chi connectivity index (χ0v) is 44.4. The lowest BCUT2D eigenvalue weighted by molar-refractivity contribution is -0.130. The summed E-state index contributed by atoms with van der Waals surface area (Å²) in [7, 11) is 8.11. The van der Waals surface area contributed by atoms with Crippen LogP contribution < -0.4 is 29.6 Å². The van der Waals surface area contributed by atoms with E-state index in [1.165, 1.54) is 93.0 Å². The quantitative estimate of drug-likeness (QED) is 0.0721. The molecule has 0 aliphatic carbocycles. The van der Waals surface area contributed by atoms with Crippen LogP contribution in [0.25, 0.3) is 33.8 Å². The summed E-state index contributed by atoms with van der Waals surface area (Å²) >= 11 is 0. The van der Waals surface area contributed by atoms with E-state index in [0.29, 0.717) is 30.0 Å². The molecule has 6 aromatic heterocycles. The third-order valence-corrected chi connectivity index (χ3v) is 12.4. The first kappa shape index (κ1) is 57.6. The molecule has 0 unspecified atom stereocenters. The van der Waals surface area contributed by atoms with Crippen LogP contribution in [0.4, 0.5) is 37.7 Å². The number of likely N-dealkylation sites (tertiary alicyclic amines) is 1. The summed E-state index contributed by atoms with van der Waals surface area (Å²) in [6.45, 7) is -9.12. The SMILES string of the molecule is CN(C)C(=O)Cn1cc(NC(=O)c2cnn3cccnc23)c(-c2cc(OC(F)F)ccc2OC(F)F)n1.CN1CC(O)(c2cccc(Oc3ccc(OC(F)F)c(-c4nn(CC(=O)N(C)C)cc4NC(=O)c4cnn5cccnc45)c3)c2)C1. The van der Waals surface area contributed by atoms with Crippen molar-refractivity contribution >= 4 is 46.3 Å². The molecule has 0 saturated carbocycles. The molecule has 0 bridgehead atoms. The van der Waals surface area contributed by atoms with Crippen molar-refractivity contribution in [3.63, 3.8) is 0 Å². The number of amides is 4. The van der Waals surface area contributed by atoms with Gasteiger partial charge < -0.3 is 44.5 Å². The number of nitrogens with zero attached hydrogens (tertiary/aromatic N) is 13. The molecule has 83 heavy (non-hydrogen) atoms. The highest BCUT2D eigenvalue weighted by atomic mass is 19.3. The number of aliphatic hydroxyl groups is 1. The number of anilines is 2. The van der Waals surface area contributed by atoms with Gasteiger partial charge in [0.2, 0.25) is 11.8 Å². The molecule has 7 heterocycles. The number of carbonyl (C=O) groups is 4. The zero-order chi connectivity index (χ0) is 59.3. The molecule has 3 aromatic carbocycles. The molecule has 1 saturated heterocycles. The molecule has 1 aliphatic rings. The van der Waals surface area contributed by atoms with Crippen LogP contribution in [0.2, 0.25) is 0 Å². The molecule has 4 amide bonds. The number of carbonyl (C=O) groups excluding carboxylic acids is 4. The molecule has 0 radical (unpaired) electrons. The number of rotatable bonds is 19. The van der Waals surface area contributed by atoms with Crippen LogP contribution in [0.5, 0.6) is 28.7 Å². The number of benzene rings is 3. The van der Waals surface area contributed by atoms with E-state index in [1.54, 1.807) is 62.9 Å². The van der Waals surface area contributed by atoms with Gasteiger partial charge in [0.05, 0.1) is 34.9 Å². The standard InChI is InChI=1S/C31H30F2N8O5.C22H19F4N7O4/c1-38(2)26(42)16-40-15-24(36-29(43)23-14-35-41-11-5-10-34-28(23)41)27(37-40)22-13-21(8-9-25(22)46-30(32)33)45-20-7-4-6-19(12-20)31(44)17-39(3)18-31;1-31(2)17(34)11-32-10-15(29-20(35)14-9-28-33-7-3-6-27-19(14)33)18(30-32)13-8-12(36-21(23)24)4-5-16(13)37-22(25)26/h4-15,30,44H,16-18H2,1-3H3,(H,36,43);3-10,21-22H,11H2,1-2H3,(H,29,35). The minimum atomic E-state index is -3.25. The van der Waals surface area contributed by atoms with Gasteiger partial charge in [0, 0.05) is 78.5 Å². The molecule has 24 nitrogen and oxygen atoms in total. The van der Waals surface area contributed by atoms with E-state index in [-0.39, 0.29) is 92.8 Å². The fourth-order valence-electron chi connectivity index (χ4n) is 8.54. The molecule has 1 fully saturated rings. The summed E-state index contributed by atoms with van der Waals surface area (Å²) in [6, 6.07) is 17.5. The molecule has 10 rings (SSSR count). The minimum absolute atomic E-state index is 0.0276. The van der Waals surface area contributed by atoms with Crippen molar-refractivity contribution < 1.29 is 69.6 Å². The summed E-state index contributed by atoms with van der Waals surface area (Å²) in [6.07, 6.45) is 11.5. The smallest absolute Gasteiger partial charge is 0.387 e. The molecular formula is C53H49F6N15O9. The van der Waals surface area contributed by atoms with Gasteiger partial charge in [0.15, 0.2) is 11.3 Å². The maximum absolute atomic E-state index is 13.6. The van der Waals surface area contributed by atoms with Crippen LogP contribution in [0.1, 0.15) is 26.3 Å². The number of halogens is 6. The Morgan fingerprint density at radius 1 is 0.627 bits per heavy atom. The Bertz CT molecular complexity index is 3840. The minimum Gasteiger partial charge on any atom is -0.457 e. The van der Waals surface area contributed by atoms with Gasteiger partial charge in [-0.25, -0.2) is 19.0 Å². The third-order valence-electron chi connectivity index (χ3n) is 12.4. The van der Waals surface area contributed by atoms with Crippen molar-refractivity contribution in [3.8, 4) is 51.3 Å². The molecule has 3 N–H and O–H groups in total. The van der Waals surface area contributed by atoms with Gasteiger partial charge in [-0.3, -0.25) is 33.4 Å². The second kappa shape index (κ2) is 24.3. The van der Waals surface area contributed by atoms with Crippen LogP contribution in [0.15, 0.2) is 122 Å². The fourth-order valence-corrected chi connectivity index (χ4v) is 8.54. The number of alkyl halides is 6. The summed E-state index contributed by atoms with van der Waals surface area (Å²) < 4.78 is 104. The first-order chi connectivity index (χ1) is 39.6. The van der Waals surface area contributed by atoms with Crippen molar-refractivity contribution in [1.29, 1.82) is 0 Å².